The number of hydrogen-bond acceptors (Lipinski definition) is 4. The van der Waals surface area contributed by atoms with Crippen LogP contribution in [0, 0.1) is 12.7 Å². The smallest absolute Gasteiger partial charge is 0.131 e. The number of rotatable bonds is 3. The summed E-state index contributed by atoms with van der Waals surface area (Å²) in [6.07, 6.45) is 1.77. The molecule has 1 aromatic carbocycles. The second kappa shape index (κ2) is 5.61. The number of aromatic nitrogens is 2. The molecule has 0 bridgehead atoms. The van der Waals surface area contributed by atoms with E-state index in [0.29, 0.717) is 5.75 Å². The van der Waals surface area contributed by atoms with Gasteiger partial charge in [-0.2, -0.15) is 0 Å². The van der Waals surface area contributed by atoms with Crippen LogP contribution in [0.5, 0.6) is 5.75 Å². The zero-order valence-corrected chi connectivity index (χ0v) is 12.4. The molecule has 0 radical (unpaired) electrons. The summed E-state index contributed by atoms with van der Waals surface area (Å²) in [5, 5.41) is 3.03. The zero-order valence-electron chi connectivity index (χ0n) is 11.6. The Morgan fingerprint density at radius 2 is 2.00 bits per heavy atom. The molecule has 0 N–H and O–H groups in total. The van der Waals surface area contributed by atoms with Crippen LogP contribution in [0.15, 0.2) is 41.9 Å². The molecule has 0 atom stereocenters. The molecule has 106 valence electrons. The number of hydrogen-bond donors (Lipinski definition) is 0. The van der Waals surface area contributed by atoms with E-state index in [-0.39, 0.29) is 5.82 Å². The Labute approximate surface area is 126 Å². The van der Waals surface area contributed by atoms with Crippen molar-refractivity contribution in [1.82, 2.24) is 9.97 Å². The molecule has 5 heteroatoms. The number of pyridine rings is 1. The molecule has 3 rings (SSSR count). The van der Waals surface area contributed by atoms with Gasteiger partial charge in [0.25, 0.3) is 0 Å². The predicted octanol–water partition coefficient (Wildman–Crippen LogP) is 4.33. The Balaban J connectivity index is 1.98. The Hall–Kier alpha value is -2.27. The Morgan fingerprint density at radius 1 is 1.14 bits per heavy atom. The maximum Gasteiger partial charge on any atom is 0.131 e. The first-order chi connectivity index (χ1) is 10.2. The van der Waals surface area contributed by atoms with Gasteiger partial charge < -0.3 is 4.74 Å². The normalized spacial score (nSPS) is 10.6. The third kappa shape index (κ3) is 2.78. The van der Waals surface area contributed by atoms with Crippen molar-refractivity contribution in [3.05, 3.63) is 52.7 Å². The Bertz CT molecular complexity index is 768. The number of benzene rings is 1. The monoisotopic (exact) mass is 300 g/mol. The molecule has 0 saturated heterocycles. The maximum atomic E-state index is 13.2. The van der Waals surface area contributed by atoms with E-state index in [1.165, 1.54) is 19.2 Å². The van der Waals surface area contributed by atoms with Gasteiger partial charge >= 0.3 is 0 Å². The van der Waals surface area contributed by atoms with Crippen LogP contribution < -0.4 is 4.74 Å². The highest BCUT2D eigenvalue weighted by Gasteiger charge is 2.09. The molecule has 0 spiro atoms. The average Bonchev–Trinajstić information content (AvgIpc) is 2.94. The standard InChI is InChI=1S/C16H13FN2OS/c1-10-19-15(9-21-10)11-3-6-14(18-8-11)13-5-4-12(17)7-16(13)20-2/h3-9H,1-2H3. The summed E-state index contributed by atoms with van der Waals surface area (Å²) in [6.45, 7) is 1.97. The van der Waals surface area contributed by atoms with E-state index in [1.54, 1.807) is 23.6 Å². The SMILES string of the molecule is COc1cc(F)ccc1-c1ccc(-c2csc(C)n2)cn1. The summed E-state index contributed by atoms with van der Waals surface area (Å²) >= 11 is 1.61. The van der Waals surface area contributed by atoms with Crippen molar-refractivity contribution < 1.29 is 9.13 Å². The number of halogens is 1. The first kappa shape index (κ1) is 13.7. The fourth-order valence-corrected chi connectivity index (χ4v) is 2.70. The lowest BCUT2D eigenvalue weighted by Gasteiger charge is -2.08. The molecule has 0 fully saturated rings. The van der Waals surface area contributed by atoms with Crippen LogP contribution in [0.1, 0.15) is 5.01 Å². The van der Waals surface area contributed by atoms with E-state index in [0.717, 1.165) is 27.5 Å². The minimum Gasteiger partial charge on any atom is -0.496 e. The highest BCUT2D eigenvalue weighted by Crippen LogP contribution is 2.30. The Morgan fingerprint density at radius 3 is 2.62 bits per heavy atom. The van der Waals surface area contributed by atoms with Crippen molar-refractivity contribution in [2.45, 2.75) is 6.92 Å². The van der Waals surface area contributed by atoms with Crippen molar-refractivity contribution >= 4 is 11.3 Å². The molecular weight excluding hydrogens is 287 g/mol. The lowest BCUT2D eigenvalue weighted by molar-refractivity contribution is 0.413. The van der Waals surface area contributed by atoms with Crippen LogP contribution in [0.3, 0.4) is 0 Å². The van der Waals surface area contributed by atoms with E-state index in [4.69, 9.17) is 4.74 Å². The lowest BCUT2D eigenvalue weighted by Crippen LogP contribution is -1.91. The van der Waals surface area contributed by atoms with Crippen molar-refractivity contribution in [1.29, 1.82) is 0 Å². The van der Waals surface area contributed by atoms with Crippen molar-refractivity contribution in [3.63, 3.8) is 0 Å². The summed E-state index contributed by atoms with van der Waals surface area (Å²) in [5.41, 5.74) is 3.38. The highest BCUT2D eigenvalue weighted by atomic mass is 32.1. The van der Waals surface area contributed by atoms with Crippen LogP contribution >= 0.6 is 11.3 Å². The van der Waals surface area contributed by atoms with Crippen LogP contribution in [0.4, 0.5) is 4.39 Å². The second-order valence-electron chi connectivity index (χ2n) is 4.53. The third-order valence-electron chi connectivity index (χ3n) is 3.12. The van der Waals surface area contributed by atoms with Crippen molar-refractivity contribution in [3.8, 4) is 28.3 Å². The molecular formula is C16H13FN2OS. The van der Waals surface area contributed by atoms with Crippen LogP contribution in [-0.2, 0) is 0 Å². The summed E-state index contributed by atoms with van der Waals surface area (Å²) in [7, 11) is 1.52. The molecule has 0 unspecified atom stereocenters. The van der Waals surface area contributed by atoms with Gasteiger partial charge in [0.15, 0.2) is 0 Å². The van der Waals surface area contributed by atoms with Gasteiger partial charge in [-0.3, -0.25) is 4.98 Å². The fourth-order valence-electron chi connectivity index (χ4n) is 2.08. The number of methoxy groups -OCH3 is 1. The van der Waals surface area contributed by atoms with Gasteiger partial charge in [-0.05, 0) is 31.2 Å². The molecule has 3 aromatic rings. The van der Waals surface area contributed by atoms with Crippen LogP contribution in [0.2, 0.25) is 0 Å². The van der Waals surface area contributed by atoms with Crippen molar-refractivity contribution in [2.75, 3.05) is 7.11 Å². The van der Waals surface area contributed by atoms with E-state index in [9.17, 15) is 4.39 Å². The minimum absolute atomic E-state index is 0.329. The van der Waals surface area contributed by atoms with Gasteiger partial charge in [0.1, 0.15) is 11.6 Å². The van der Waals surface area contributed by atoms with E-state index in [1.807, 2.05) is 24.4 Å². The highest BCUT2D eigenvalue weighted by molar-refractivity contribution is 7.09. The Kier molecular flexibility index (Phi) is 3.66. The molecule has 2 heterocycles. The second-order valence-corrected chi connectivity index (χ2v) is 5.59. The van der Waals surface area contributed by atoms with Gasteiger partial charge in [-0.15, -0.1) is 11.3 Å². The number of nitrogens with zero attached hydrogens (tertiary/aromatic N) is 2. The summed E-state index contributed by atoms with van der Waals surface area (Å²) in [4.78, 5) is 8.87. The van der Waals surface area contributed by atoms with E-state index < -0.39 is 0 Å². The lowest BCUT2D eigenvalue weighted by atomic mass is 10.1. The van der Waals surface area contributed by atoms with Gasteiger partial charge in [0.05, 0.1) is 23.5 Å². The third-order valence-corrected chi connectivity index (χ3v) is 3.89. The van der Waals surface area contributed by atoms with Gasteiger partial charge in [0.2, 0.25) is 0 Å². The maximum absolute atomic E-state index is 13.2. The number of ether oxygens (including phenoxy) is 1. The van der Waals surface area contributed by atoms with Crippen molar-refractivity contribution in [2.24, 2.45) is 0 Å². The fraction of sp³-hybridized carbons (Fsp3) is 0.125. The molecule has 0 aliphatic rings. The first-order valence-electron chi connectivity index (χ1n) is 6.40. The summed E-state index contributed by atoms with van der Waals surface area (Å²) in [5.74, 6) is 0.143. The summed E-state index contributed by atoms with van der Waals surface area (Å²) in [6, 6.07) is 8.27. The molecule has 3 nitrogen and oxygen atoms in total. The van der Waals surface area contributed by atoms with Crippen LogP contribution in [0.25, 0.3) is 22.5 Å². The first-order valence-corrected chi connectivity index (χ1v) is 7.28. The van der Waals surface area contributed by atoms with Gasteiger partial charge in [-0.1, -0.05) is 0 Å². The molecule has 2 aromatic heterocycles. The zero-order chi connectivity index (χ0) is 14.8. The number of aryl methyl sites for hydroxylation is 1. The average molecular weight is 300 g/mol. The topological polar surface area (TPSA) is 35.0 Å². The predicted molar refractivity (Wildman–Crippen MR) is 82.0 cm³/mol. The van der Waals surface area contributed by atoms with Gasteiger partial charge in [0, 0.05) is 28.8 Å². The van der Waals surface area contributed by atoms with E-state index >= 15 is 0 Å². The van der Waals surface area contributed by atoms with Gasteiger partial charge in [-0.25, -0.2) is 9.37 Å². The molecule has 21 heavy (non-hydrogen) atoms. The quantitative estimate of drug-likeness (QED) is 0.722. The van der Waals surface area contributed by atoms with Crippen LogP contribution in [-0.4, -0.2) is 17.1 Å². The molecule has 0 amide bonds. The molecule has 0 aliphatic carbocycles. The minimum atomic E-state index is -0.329. The summed E-state index contributed by atoms with van der Waals surface area (Å²) < 4.78 is 18.4. The number of thiazole rings is 1. The molecule has 0 aliphatic heterocycles. The largest absolute Gasteiger partial charge is 0.496 e. The van der Waals surface area contributed by atoms with E-state index in [2.05, 4.69) is 9.97 Å². The molecule has 0 saturated carbocycles.